The normalized spacial score (nSPS) is 9.96. The van der Waals surface area contributed by atoms with E-state index in [1.807, 2.05) is 30.3 Å². The van der Waals surface area contributed by atoms with E-state index in [9.17, 15) is 4.79 Å². The van der Waals surface area contributed by atoms with Crippen molar-refractivity contribution in [2.75, 3.05) is 21.3 Å². The molecule has 24 heavy (non-hydrogen) atoms. The van der Waals surface area contributed by atoms with Crippen LogP contribution in [0.15, 0.2) is 42.5 Å². The van der Waals surface area contributed by atoms with E-state index in [1.54, 1.807) is 33.5 Å². The van der Waals surface area contributed by atoms with E-state index in [4.69, 9.17) is 14.2 Å². The number of carbonyl (C=O) groups excluding carboxylic acids is 1. The molecule has 2 N–H and O–H groups in total. The van der Waals surface area contributed by atoms with Crippen LogP contribution in [0.25, 0.3) is 0 Å². The molecule has 0 fully saturated rings. The first-order valence-corrected chi connectivity index (χ1v) is 7.52. The summed E-state index contributed by atoms with van der Waals surface area (Å²) in [6.45, 7) is 0.737. The first kappa shape index (κ1) is 17.5. The van der Waals surface area contributed by atoms with Crippen molar-refractivity contribution in [1.82, 2.24) is 10.6 Å². The predicted molar refractivity (Wildman–Crippen MR) is 91.6 cm³/mol. The SMILES string of the molecule is COc1cc(OC)c(CNC(=O)NCc2ccccc2)c(OC)c1. The molecule has 6 heteroatoms. The Morgan fingerprint density at radius 3 is 2.00 bits per heavy atom. The molecule has 0 aliphatic carbocycles. The van der Waals surface area contributed by atoms with Crippen LogP contribution in [0.2, 0.25) is 0 Å². The summed E-state index contributed by atoms with van der Waals surface area (Å²) in [5, 5.41) is 5.62. The lowest BCUT2D eigenvalue weighted by Gasteiger charge is -2.16. The Balaban J connectivity index is 1.99. The number of ether oxygens (including phenoxy) is 3. The molecule has 0 spiro atoms. The number of benzene rings is 2. The quantitative estimate of drug-likeness (QED) is 0.819. The fraction of sp³-hybridized carbons (Fsp3) is 0.278. The number of hydrogen-bond acceptors (Lipinski definition) is 4. The number of rotatable bonds is 7. The van der Waals surface area contributed by atoms with Gasteiger partial charge in [0.25, 0.3) is 0 Å². The molecule has 0 atom stereocenters. The summed E-state index contributed by atoms with van der Waals surface area (Å²) in [4.78, 5) is 12.0. The van der Waals surface area contributed by atoms with Gasteiger partial charge in [0, 0.05) is 18.7 Å². The number of hydrogen-bond donors (Lipinski definition) is 2. The maximum atomic E-state index is 12.0. The average Bonchev–Trinajstić information content (AvgIpc) is 2.64. The molecule has 0 radical (unpaired) electrons. The van der Waals surface area contributed by atoms with Gasteiger partial charge >= 0.3 is 6.03 Å². The molecule has 0 aromatic heterocycles. The van der Waals surface area contributed by atoms with Gasteiger partial charge in [0.2, 0.25) is 0 Å². The topological polar surface area (TPSA) is 68.8 Å². The standard InChI is InChI=1S/C18H22N2O4/c1-22-14-9-16(23-2)15(17(10-14)24-3)12-20-18(21)19-11-13-7-5-4-6-8-13/h4-10H,11-12H2,1-3H3,(H2,19,20,21). The van der Waals surface area contributed by atoms with E-state index in [2.05, 4.69) is 10.6 Å². The maximum absolute atomic E-state index is 12.0. The molecular formula is C18H22N2O4. The first-order valence-electron chi connectivity index (χ1n) is 7.52. The van der Waals surface area contributed by atoms with Crippen molar-refractivity contribution in [3.8, 4) is 17.2 Å². The molecule has 0 aliphatic heterocycles. The van der Waals surface area contributed by atoms with Crippen molar-refractivity contribution in [1.29, 1.82) is 0 Å². The van der Waals surface area contributed by atoms with Gasteiger partial charge in [0.15, 0.2) is 0 Å². The lowest BCUT2D eigenvalue weighted by molar-refractivity contribution is 0.240. The molecule has 128 valence electrons. The zero-order valence-corrected chi connectivity index (χ0v) is 14.1. The van der Waals surface area contributed by atoms with Gasteiger partial charge in [0.1, 0.15) is 17.2 Å². The van der Waals surface area contributed by atoms with Crippen molar-refractivity contribution in [2.24, 2.45) is 0 Å². The Hall–Kier alpha value is -2.89. The average molecular weight is 330 g/mol. The van der Waals surface area contributed by atoms with Gasteiger partial charge in [-0.3, -0.25) is 0 Å². The van der Waals surface area contributed by atoms with E-state index in [-0.39, 0.29) is 12.6 Å². The van der Waals surface area contributed by atoms with E-state index in [1.165, 1.54) is 0 Å². The highest BCUT2D eigenvalue weighted by Gasteiger charge is 2.14. The summed E-state index contributed by atoms with van der Waals surface area (Å²) in [5.74, 6) is 1.81. The third-order valence-electron chi connectivity index (χ3n) is 3.54. The van der Waals surface area contributed by atoms with Crippen LogP contribution in [0.3, 0.4) is 0 Å². The van der Waals surface area contributed by atoms with Gasteiger partial charge in [-0.05, 0) is 5.56 Å². The van der Waals surface area contributed by atoms with Crippen molar-refractivity contribution in [3.63, 3.8) is 0 Å². The Kier molecular flexibility index (Phi) is 6.31. The molecule has 6 nitrogen and oxygen atoms in total. The first-order chi connectivity index (χ1) is 11.7. The Morgan fingerprint density at radius 1 is 0.875 bits per heavy atom. The lowest BCUT2D eigenvalue weighted by Crippen LogP contribution is -2.34. The largest absolute Gasteiger partial charge is 0.496 e. The van der Waals surface area contributed by atoms with Crippen molar-refractivity contribution < 1.29 is 19.0 Å². The van der Waals surface area contributed by atoms with Gasteiger partial charge in [-0.1, -0.05) is 30.3 Å². The minimum absolute atomic E-state index is 0.265. The van der Waals surface area contributed by atoms with Crippen molar-refractivity contribution >= 4 is 6.03 Å². The monoisotopic (exact) mass is 330 g/mol. The zero-order valence-electron chi connectivity index (χ0n) is 14.1. The van der Waals surface area contributed by atoms with Crippen LogP contribution in [0.4, 0.5) is 4.79 Å². The van der Waals surface area contributed by atoms with Gasteiger partial charge < -0.3 is 24.8 Å². The van der Waals surface area contributed by atoms with Crippen LogP contribution in [0, 0.1) is 0 Å². The number of amides is 2. The molecule has 2 rings (SSSR count). The third kappa shape index (κ3) is 4.55. The number of nitrogens with one attached hydrogen (secondary N) is 2. The second-order valence-corrected chi connectivity index (χ2v) is 5.03. The second kappa shape index (κ2) is 8.67. The van der Waals surface area contributed by atoms with Crippen LogP contribution in [0.5, 0.6) is 17.2 Å². The molecule has 2 aromatic carbocycles. The summed E-state index contributed by atoms with van der Waals surface area (Å²) in [5.41, 5.74) is 1.78. The van der Waals surface area contributed by atoms with Crippen LogP contribution in [-0.4, -0.2) is 27.4 Å². The van der Waals surface area contributed by atoms with E-state index >= 15 is 0 Å². The van der Waals surface area contributed by atoms with Gasteiger partial charge in [-0.2, -0.15) is 0 Å². The van der Waals surface area contributed by atoms with Crippen molar-refractivity contribution in [2.45, 2.75) is 13.1 Å². The fourth-order valence-electron chi connectivity index (χ4n) is 2.26. The van der Waals surface area contributed by atoms with E-state index in [0.717, 1.165) is 11.1 Å². The second-order valence-electron chi connectivity index (χ2n) is 5.03. The highest BCUT2D eigenvalue weighted by atomic mass is 16.5. The molecule has 0 unspecified atom stereocenters. The molecule has 0 heterocycles. The van der Waals surface area contributed by atoms with Crippen LogP contribution in [0.1, 0.15) is 11.1 Å². The predicted octanol–water partition coefficient (Wildman–Crippen LogP) is 2.71. The molecule has 0 saturated carbocycles. The number of urea groups is 1. The van der Waals surface area contributed by atoms with E-state index < -0.39 is 0 Å². The third-order valence-corrected chi connectivity index (χ3v) is 3.54. The number of carbonyl (C=O) groups is 1. The highest BCUT2D eigenvalue weighted by Crippen LogP contribution is 2.33. The zero-order chi connectivity index (χ0) is 17.4. The molecule has 2 aromatic rings. The molecular weight excluding hydrogens is 308 g/mol. The minimum Gasteiger partial charge on any atom is -0.496 e. The van der Waals surface area contributed by atoms with Gasteiger partial charge in [-0.15, -0.1) is 0 Å². The Morgan fingerprint density at radius 2 is 1.46 bits per heavy atom. The fourth-order valence-corrected chi connectivity index (χ4v) is 2.26. The molecule has 2 amide bonds. The van der Waals surface area contributed by atoms with Gasteiger partial charge in [0.05, 0.1) is 33.4 Å². The summed E-state index contributed by atoms with van der Waals surface area (Å²) in [6.07, 6.45) is 0. The Bertz CT molecular complexity index is 649. The van der Waals surface area contributed by atoms with Gasteiger partial charge in [-0.25, -0.2) is 4.79 Å². The van der Waals surface area contributed by atoms with Crippen LogP contribution < -0.4 is 24.8 Å². The Labute approximate surface area is 141 Å². The summed E-state index contributed by atoms with van der Waals surface area (Å²) in [6, 6.07) is 12.9. The molecule has 0 aliphatic rings. The van der Waals surface area contributed by atoms with Crippen LogP contribution in [-0.2, 0) is 13.1 Å². The van der Waals surface area contributed by atoms with E-state index in [0.29, 0.717) is 23.8 Å². The minimum atomic E-state index is -0.265. The maximum Gasteiger partial charge on any atom is 0.315 e. The smallest absolute Gasteiger partial charge is 0.315 e. The summed E-state index contributed by atoms with van der Waals surface area (Å²) >= 11 is 0. The molecule has 0 saturated heterocycles. The number of methoxy groups -OCH3 is 3. The highest BCUT2D eigenvalue weighted by molar-refractivity contribution is 5.74. The lowest BCUT2D eigenvalue weighted by atomic mass is 10.1. The van der Waals surface area contributed by atoms with Crippen molar-refractivity contribution in [3.05, 3.63) is 53.6 Å². The molecule has 0 bridgehead atoms. The summed E-state index contributed by atoms with van der Waals surface area (Å²) < 4.78 is 15.9. The van der Waals surface area contributed by atoms with Crippen LogP contribution >= 0.6 is 0 Å². The summed E-state index contributed by atoms with van der Waals surface area (Å²) in [7, 11) is 4.70.